The van der Waals surface area contributed by atoms with Crippen LogP contribution in [0.4, 0.5) is 0 Å². The molecule has 3 aromatic rings. The molecule has 0 spiro atoms. The lowest BCUT2D eigenvalue weighted by molar-refractivity contribution is 0.0597. The summed E-state index contributed by atoms with van der Waals surface area (Å²) >= 11 is 0. The molecule has 0 fully saturated rings. The third kappa shape index (κ3) is 6.72. The van der Waals surface area contributed by atoms with Crippen molar-refractivity contribution in [2.75, 3.05) is 20.8 Å². The Morgan fingerprint density at radius 3 is 2.50 bits per heavy atom. The third-order valence-electron chi connectivity index (χ3n) is 5.11. The van der Waals surface area contributed by atoms with Gasteiger partial charge in [-0.25, -0.2) is 14.5 Å². The van der Waals surface area contributed by atoms with Crippen molar-refractivity contribution in [3.05, 3.63) is 76.6 Å². The predicted octanol–water partition coefficient (Wildman–Crippen LogP) is 4.16. The third-order valence-corrected chi connectivity index (χ3v) is 5.11. The first-order chi connectivity index (χ1) is 16.0. The number of aryl methyl sites for hydroxylation is 2. The van der Waals surface area contributed by atoms with Crippen molar-refractivity contribution in [2.45, 2.75) is 33.9 Å². The van der Waals surface area contributed by atoms with Crippen molar-refractivity contribution in [1.29, 1.82) is 0 Å². The van der Waals surface area contributed by atoms with E-state index >= 15 is 0 Å². The molecule has 0 amide bonds. The Morgan fingerprint density at radius 2 is 1.85 bits per heavy atom. The molecule has 1 aromatic heterocycles. The fourth-order valence-corrected chi connectivity index (χ4v) is 3.55. The Morgan fingerprint density at radius 1 is 1.09 bits per heavy atom. The maximum atomic E-state index is 12.0. The van der Waals surface area contributed by atoms with Crippen LogP contribution < -0.4 is 15.4 Å². The summed E-state index contributed by atoms with van der Waals surface area (Å²) in [4.78, 5) is 16.7. The number of halogens is 1. The van der Waals surface area contributed by atoms with Crippen LogP contribution in [0.3, 0.4) is 0 Å². The minimum Gasteiger partial charge on any atom is -0.496 e. The van der Waals surface area contributed by atoms with Crippen molar-refractivity contribution >= 4 is 35.9 Å². The highest BCUT2D eigenvalue weighted by Crippen LogP contribution is 2.21. The quantitative estimate of drug-likeness (QED) is 0.181. The van der Waals surface area contributed by atoms with Gasteiger partial charge in [0.1, 0.15) is 11.3 Å². The number of para-hydroxylation sites is 1. The lowest BCUT2D eigenvalue weighted by Crippen LogP contribution is -2.37. The summed E-state index contributed by atoms with van der Waals surface area (Å²) in [5, 5.41) is 11.3. The van der Waals surface area contributed by atoms with Crippen LogP contribution in [0.15, 0.2) is 53.5 Å². The average Bonchev–Trinajstić information content (AvgIpc) is 3.17. The number of carbonyl (C=O) groups is 1. The van der Waals surface area contributed by atoms with Crippen LogP contribution in [0.5, 0.6) is 5.75 Å². The number of hydrogen-bond acceptors (Lipinski definition) is 5. The smallest absolute Gasteiger partial charge is 0.341 e. The topological polar surface area (TPSA) is 89.8 Å². The number of methoxy groups -OCH3 is 2. The molecule has 0 radical (unpaired) electrons. The van der Waals surface area contributed by atoms with Crippen molar-refractivity contribution < 1.29 is 14.3 Å². The summed E-state index contributed by atoms with van der Waals surface area (Å²) in [5.41, 5.74) is 5.45. The fraction of sp³-hybridized carbons (Fsp3) is 0.320. The Bertz CT molecular complexity index is 1140. The van der Waals surface area contributed by atoms with Crippen LogP contribution >= 0.6 is 24.0 Å². The Kier molecular flexibility index (Phi) is 10.4. The number of aliphatic imine (C=N–C) groups is 1. The molecule has 8 nitrogen and oxygen atoms in total. The van der Waals surface area contributed by atoms with Crippen molar-refractivity contribution in [3.63, 3.8) is 0 Å². The van der Waals surface area contributed by atoms with Gasteiger partial charge in [0, 0.05) is 18.8 Å². The highest BCUT2D eigenvalue weighted by atomic mass is 127. The van der Waals surface area contributed by atoms with E-state index in [0.717, 1.165) is 34.7 Å². The SMILES string of the molecule is CCNC(=NCc1ccc(OC)c(C(=O)OC)c1)NCc1ccccc1-n1nc(C)cc1C.I. The van der Waals surface area contributed by atoms with E-state index in [1.165, 1.54) is 14.2 Å². The first-order valence-corrected chi connectivity index (χ1v) is 10.9. The lowest BCUT2D eigenvalue weighted by Gasteiger charge is -2.15. The molecule has 2 N–H and O–H groups in total. The first-order valence-electron chi connectivity index (χ1n) is 10.9. The molecule has 0 aliphatic rings. The second kappa shape index (κ2) is 13.0. The van der Waals surface area contributed by atoms with Gasteiger partial charge < -0.3 is 20.1 Å². The van der Waals surface area contributed by atoms with E-state index in [9.17, 15) is 4.79 Å². The molecular formula is C25H32IN5O3. The predicted molar refractivity (Wildman–Crippen MR) is 144 cm³/mol. The maximum absolute atomic E-state index is 12.0. The Labute approximate surface area is 217 Å². The zero-order chi connectivity index (χ0) is 23.8. The van der Waals surface area contributed by atoms with Crippen LogP contribution in [0.1, 0.15) is 39.8 Å². The largest absolute Gasteiger partial charge is 0.496 e. The molecule has 0 unspecified atom stereocenters. The van der Waals surface area contributed by atoms with Gasteiger partial charge >= 0.3 is 5.97 Å². The molecule has 0 saturated heterocycles. The molecule has 34 heavy (non-hydrogen) atoms. The molecule has 2 aromatic carbocycles. The number of esters is 1. The Balaban J connectivity index is 0.00000408. The molecular weight excluding hydrogens is 545 g/mol. The van der Waals surface area contributed by atoms with Gasteiger partial charge in [-0.15, -0.1) is 24.0 Å². The van der Waals surface area contributed by atoms with Crippen LogP contribution in [-0.4, -0.2) is 42.5 Å². The summed E-state index contributed by atoms with van der Waals surface area (Å²) < 4.78 is 12.1. The summed E-state index contributed by atoms with van der Waals surface area (Å²) in [7, 11) is 2.88. The molecule has 0 aliphatic carbocycles. The van der Waals surface area contributed by atoms with Gasteiger partial charge in [0.05, 0.1) is 32.1 Å². The van der Waals surface area contributed by atoms with E-state index in [-0.39, 0.29) is 24.0 Å². The zero-order valence-electron chi connectivity index (χ0n) is 20.2. The van der Waals surface area contributed by atoms with Crippen LogP contribution in [0.2, 0.25) is 0 Å². The van der Waals surface area contributed by atoms with Gasteiger partial charge in [0.15, 0.2) is 5.96 Å². The van der Waals surface area contributed by atoms with Gasteiger partial charge in [-0.1, -0.05) is 24.3 Å². The Hall–Kier alpha value is -3.08. The maximum Gasteiger partial charge on any atom is 0.341 e. The van der Waals surface area contributed by atoms with E-state index in [0.29, 0.717) is 30.4 Å². The van der Waals surface area contributed by atoms with Crippen molar-refractivity contribution in [3.8, 4) is 11.4 Å². The van der Waals surface area contributed by atoms with Crippen LogP contribution in [0.25, 0.3) is 5.69 Å². The zero-order valence-corrected chi connectivity index (χ0v) is 22.5. The van der Waals surface area contributed by atoms with E-state index in [2.05, 4.69) is 38.9 Å². The second-order valence-electron chi connectivity index (χ2n) is 7.54. The molecule has 182 valence electrons. The van der Waals surface area contributed by atoms with Crippen LogP contribution in [-0.2, 0) is 17.8 Å². The van der Waals surface area contributed by atoms with E-state index in [4.69, 9.17) is 9.47 Å². The van der Waals surface area contributed by atoms with Gasteiger partial charge in [-0.3, -0.25) is 0 Å². The summed E-state index contributed by atoms with van der Waals surface area (Å²) in [6.45, 7) is 7.75. The number of rotatable bonds is 8. The average molecular weight is 577 g/mol. The molecule has 0 bridgehead atoms. The number of ether oxygens (including phenoxy) is 2. The van der Waals surface area contributed by atoms with Gasteiger partial charge in [-0.05, 0) is 56.2 Å². The fourth-order valence-electron chi connectivity index (χ4n) is 3.55. The standard InChI is InChI=1S/C25H31N5O3.HI/c1-6-26-25(27-15-19-11-12-23(32-4)21(14-19)24(31)33-5)28-16-20-9-7-8-10-22(20)30-18(3)13-17(2)29-30;/h7-14H,6,15-16H2,1-5H3,(H2,26,27,28);1H. The summed E-state index contributed by atoms with van der Waals surface area (Å²) in [6.07, 6.45) is 0. The highest BCUT2D eigenvalue weighted by molar-refractivity contribution is 14.0. The number of nitrogens with zero attached hydrogens (tertiary/aromatic N) is 3. The number of benzene rings is 2. The molecule has 0 aliphatic heterocycles. The number of aromatic nitrogens is 2. The van der Waals surface area contributed by atoms with E-state index in [1.54, 1.807) is 12.1 Å². The first kappa shape index (κ1) is 27.2. The number of hydrogen-bond donors (Lipinski definition) is 2. The normalized spacial score (nSPS) is 10.9. The number of guanidine groups is 1. The van der Waals surface area contributed by atoms with Crippen molar-refractivity contribution in [1.82, 2.24) is 20.4 Å². The minimum atomic E-state index is -0.441. The molecule has 9 heteroatoms. The van der Waals surface area contributed by atoms with Gasteiger partial charge in [-0.2, -0.15) is 5.10 Å². The van der Waals surface area contributed by atoms with Crippen LogP contribution in [0, 0.1) is 13.8 Å². The minimum absolute atomic E-state index is 0. The van der Waals surface area contributed by atoms with Gasteiger partial charge in [0.25, 0.3) is 0 Å². The highest BCUT2D eigenvalue weighted by Gasteiger charge is 2.14. The number of nitrogens with one attached hydrogen (secondary N) is 2. The molecule has 0 saturated carbocycles. The summed E-state index contributed by atoms with van der Waals surface area (Å²) in [5.74, 6) is 0.708. The molecule has 3 rings (SSSR count). The summed E-state index contributed by atoms with van der Waals surface area (Å²) in [6, 6.07) is 15.6. The molecule has 1 heterocycles. The van der Waals surface area contributed by atoms with E-state index in [1.807, 2.05) is 43.7 Å². The lowest BCUT2D eigenvalue weighted by atomic mass is 10.1. The van der Waals surface area contributed by atoms with E-state index < -0.39 is 5.97 Å². The number of carbonyl (C=O) groups excluding carboxylic acids is 1. The second-order valence-corrected chi connectivity index (χ2v) is 7.54. The monoisotopic (exact) mass is 577 g/mol. The van der Waals surface area contributed by atoms with Gasteiger partial charge in [0.2, 0.25) is 0 Å². The van der Waals surface area contributed by atoms with Crippen molar-refractivity contribution in [2.24, 2.45) is 4.99 Å². The molecule has 0 atom stereocenters.